The van der Waals surface area contributed by atoms with Crippen LogP contribution in [-0.4, -0.2) is 24.6 Å². The SMILES string of the molecule is NCCCC(=O)Nc1cccc(Cl)c1SCC(F)F. The Hall–Kier alpha value is -0.850. The Labute approximate surface area is 119 Å². The number of thioether (sulfide) groups is 1. The van der Waals surface area contributed by atoms with Crippen LogP contribution >= 0.6 is 23.4 Å². The van der Waals surface area contributed by atoms with Crippen molar-refractivity contribution in [3.63, 3.8) is 0 Å². The van der Waals surface area contributed by atoms with E-state index in [1.165, 1.54) is 0 Å². The molecule has 3 N–H and O–H groups in total. The molecule has 0 saturated heterocycles. The second kappa shape index (κ2) is 8.35. The summed E-state index contributed by atoms with van der Waals surface area (Å²) in [6, 6.07) is 4.90. The fraction of sp³-hybridized carbons (Fsp3) is 0.417. The fourth-order valence-electron chi connectivity index (χ4n) is 1.38. The summed E-state index contributed by atoms with van der Waals surface area (Å²) in [5.74, 6) is -0.568. The van der Waals surface area contributed by atoms with Gasteiger partial charge in [0.2, 0.25) is 12.3 Å². The molecule has 0 bridgehead atoms. The number of halogens is 3. The zero-order valence-corrected chi connectivity index (χ0v) is 11.7. The molecular weight excluding hydrogens is 294 g/mol. The monoisotopic (exact) mass is 308 g/mol. The highest BCUT2D eigenvalue weighted by molar-refractivity contribution is 7.99. The summed E-state index contributed by atoms with van der Waals surface area (Å²) < 4.78 is 24.5. The normalized spacial score (nSPS) is 10.8. The molecule has 0 heterocycles. The van der Waals surface area contributed by atoms with Crippen molar-refractivity contribution in [3.05, 3.63) is 23.2 Å². The lowest BCUT2D eigenvalue weighted by Gasteiger charge is -2.12. The van der Waals surface area contributed by atoms with Gasteiger partial charge in [0.05, 0.1) is 16.5 Å². The van der Waals surface area contributed by atoms with E-state index in [9.17, 15) is 13.6 Å². The van der Waals surface area contributed by atoms with Crippen LogP contribution < -0.4 is 11.1 Å². The number of hydrogen-bond acceptors (Lipinski definition) is 3. The van der Waals surface area contributed by atoms with Crippen LogP contribution in [0.4, 0.5) is 14.5 Å². The molecule has 1 amide bonds. The van der Waals surface area contributed by atoms with E-state index in [4.69, 9.17) is 17.3 Å². The minimum Gasteiger partial charge on any atom is -0.330 e. The van der Waals surface area contributed by atoms with Gasteiger partial charge in [-0.05, 0) is 25.1 Å². The lowest BCUT2D eigenvalue weighted by Crippen LogP contribution is -2.14. The zero-order chi connectivity index (χ0) is 14.3. The fourth-order valence-corrected chi connectivity index (χ4v) is 2.49. The topological polar surface area (TPSA) is 55.1 Å². The second-order valence-corrected chi connectivity index (χ2v) is 5.20. The maximum atomic E-state index is 12.2. The number of hydrogen-bond donors (Lipinski definition) is 2. The van der Waals surface area contributed by atoms with E-state index in [2.05, 4.69) is 5.32 Å². The summed E-state index contributed by atoms with van der Waals surface area (Å²) in [6.45, 7) is 0.427. The summed E-state index contributed by atoms with van der Waals surface area (Å²) >= 11 is 6.89. The summed E-state index contributed by atoms with van der Waals surface area (Å²) in [7, 11) is 0. The first kappa shape index (κ1) is 16.2. The molecule has 106 valence electrons. The van der Waals surface area contributed by atoms with Crippen molar-refractivity contribution in [1.29, 1.82) is 0 Å². The van der Waals surface area contributed by atoms with E-state index in [0.29, 0.717) is 35.0 Å². The predicted octanol–water partition coefficient (Wildman–Crippen LogP) is 3.37. The Morgan fingerprint density at radius 1 is 1.47 bits per heavy atom. The maximum absolute atomic E-state index is 12.2. The number of rotatable bonds is 7. The minimum atomic E-state index is -2.43. The van der Waals surface area contributed by atoms with Crippen molar-refractivity contribution in [1.82, 2.24) is 0 Å². The van der Waals surface area contributed by atoms with Crippen LogP contribution in [0.25, 0.3) is 0 Å². The van der Waals surface area contributed by atoms with Crippen LogP contribution in [0, 0.1) is 0 Å². The Morgan fingerprint density at radius 3 is 2.84 bits per heavy atom. The van der Waals surface area contributed by atoms with Crippen LogP contribution in [0.5, 0.6) is 0 Å². The second-order valence-electron chi connectivity index (χ2n) is 3.76. The molecule has 0 radical (unpaired) electrons. The molecule has 3 nitrogen and oxygen atoms in total. The molecule has 7 heteroatoms. The van der Waals surface area contributed by atoms with Crippen LogP contribution in [-0.2, 0) is 4.79 Å². The van der Waals surface area contributed by atoms with Gasteiger partial charge in [-0.3, -0.25) is 4.79 Å². The van der Waals surface area contributed by atoms with Crippen molar-refractivity contribution in [2.75, 3.05) is 17.6 Å². The van der Waals surface area contributed by atoms with Crippen molar-refractivity contribution in [3.8, 4) is 0 Å². The van der Waals surface area contributed by atoms with Crippen molar-refractivity contribution < 1.29 is 13.6 Å². The third-order valence-corrected chi connectivity index (χ3v) is 3.78. The number of alkyl halides is 2. The first-order valence-corrected chi connectivity index (χ1v) is 7.10. The van der Waals surface area contributed by atoms with E-state index in [1.54, 1.807) is 18.2 Å². The van der Waals surface area contributed by atoms with E-state index in [1.807, 2.05) is 0 Å². The first-order valence-electron chi connectivity index (χ1n) is 5.74. The lowest BCUT2D eigenvalue weighted by atomic mass is 10.2. The number of nitrogens with one attached hydrogen (secondary N) is 1. The van der Waals surface area contributed by atoms with Gasteiger partial charge < -0.3 is 11.1 Å². The molecule has 1 aromatic rings. The van der Waals surface area contributed by atoms with Crippen LogP contribution in [0.2, 0.25) is 5.02 Å². The number of carbonyl (C=O) groups excluding carboxylic acids is 1. The Kier molecular flexibility index (Phi) is 7.12. The lowest BCUT2D eigenvalue weighted by molar-refractivity contribution is -0.116. The summed E-state index contributed by atoms with van der Waals surface area (Å²) in [5.41, 5.74) is 5.78. The van der Waals surface area contributed by atoms with Crippen molar-refractivity contribution >= 4 is 35.0 Å². The van der Waals surface area contributed by atoms with Gasteiger partial charge in [-0.15, -0.1) is 11.8 Å². The molecule has 0 atom stereocenters. The van der Waals surface area contributed by atoms with Gasteiger partial charge in [0.1, 0.15) is 0 Å². The van der Waals surface area contributed by atoms with Gasteiger partial charge >= 0.3 is 0 Å². The number of benzene rings is 1. The largest absolute Gasteiger partial charge is 0.330 e. The maximum Gasteiger partial charge on any atom is 0.247 e. The average molecular weight is 309 g/mol. The number of carbonyl (C=O) groups is 1. The third-order valence-electron chi connectivity index (χ3n) is 2.20. The Balaban J connectivity index is 2.76. The highest BCUT2D eigenvalue weighted by atomic mass is 35.5. The number of anilines is 1. The number of nitrogens with two attached hydrogens (primary N) is 1. The standard InChI is InChI=1S/C12H15ClF2N2OS/c13-8-3-1-4-9(12(8)19-7-10(14)15)17-11(18)5-2-6-16/h1,3-4,10H,2,5-7,16H2,(H,17,18). The van der Waals surface area contributed by atoms with E-state index in [0.717, 1.165) is 11.8 Å². The molecule has 0 saturated carbocycles. The summed E-state index contributed by atoms with van der Waals surface area (Å²) in [4.78, 5) is 12.1. The molecular formula is C12H15ClF2N2OS. The molecule has 0 unspecified atom stereocenters. The van der Waals surface area contributed by atoms with Crippen molar-refractivity contribution in [2.45, 2.75) is 24.2 Å². The van der Waals surface area contributed by atoms with Gasteiger partial charge in [-0.1, -0.05) is 17.7 Å². The van der Waals surface area contributed by atoms with Gasteiger partial charge in [0.15, 0.2) is 0 Å². The van der Waals surface area contributed by atoms with Gasteiger partial charge in [0.25, 0.3) is 0 Å². The van der Waals surface area contributed by atoms with Gasteiger partial charge in [0, 0.05) is 11.3 Å². The predicted molar refractivity (Wildman–Crippen MR) is 75.1 cm³/mol. The highest BCUT2D eigenvalue weighted by Crippen LogP contribution is 2.35. The summed E-state index contributed by atoms with van der Waals surface area (Å²) in [6.07, 6.45) is -1.56. The van der Waals surface area contributed by atoms with Gasteiger partial charge in [-0.25, -0.2) is 8.78 Å². The molecule has 0 spiro atoms. The van der Waals surface area contributed by atoms with Crippen molar-refractivity contribution in [2.24, 2.45) is 5.73 Å². The molecule has 0 fully saturated rings. The average Bonchev–Trinajstić information content (AvgIpc) is 2.35. The number of amides is 1. The zero-order valence-electron chi connectivity index (χ0n) is 10.2. The molecule has 0 aromatic heterocycles. The highest BCUT2D eigenvalue weighted by Gasteiger charge is 2.13. The van der Waals surface area contributed by atoms with E-state index in [-0.39, 0.29) is 11.7 Å². The molecule has 0 aliphatic rings. The van der Waals surface area contributed by atoms with Crippen LogP contribution in [0.15, 0.2) is 23.1 Å². The molecule has 0 aliphatic carbocycles. The Bertz CT molecular complexity index is 432. The Morgan fingerprint density at radius 2 is 2.21 bits per heavy atom. The third kappa shape index (κ3) is 5.76. The first-order chi connectivity index (χ1) is 9.04. The summed E-state index contributed by atoms with van der Waals surface area (Å²) in [5, 5.41) is 3.01. The minimum absolute atomic E-state index is 0.202. The molecule has 1 rings (SSSR count). The molecule has 1 aromatic carbocycles. The van der Waals surface area contributed by atoms with Crippen LogP contribution in [0.1, 0.15) is 12.8 Å². The quantitative estimate of drug-likeness (QED) is 0.759. The van der Waals surface area contributed by atoms with E-state index >= 15 is 0 Å². The molecule has 0 aliphatic heterocycles. The van der Waals surface area contributed by atoms with Gasteiger partial charge in [-0.2, -0.15) is 0 Å². The van der Waals surface area contributed by atoms with Crippen LogP contribution in [0.3, 0.4) is 0 Å². The smallest absolute Gasteiger partial charge is 0.247 e. The van der Waals surface area contributed by atoms with E-state index < -0.39 is 6.43 Å². The molecule has 19 heavy (non-hydrogen) atoms.